The van der Waals surface area contributed by atoms with Gasteiger partial charge in [-0.25, -0.2) is 0 Å². The molecule has 88 valence electrons. The molecule has 0 saturated heterocycles. The summed E-state index contributed by atoms with van der Waals surface area (Å²) in [7, 11) is 0. The van der Waals surface area contributed by atoms with E-state index in [1.54, 1.807) is 0 Å². The molecule has 0 aromatic carbocycles. The Morgan fingerprint density at radius 1 is 1.47 bits per heavy atom. The number of nitrogens with one attached hydrogen (secondary N) is 2. The molecule has 3 nitrogen and oxygen atoms in total. The van der Waals surface area contributed by atoms with Crippen LogP contribution < -0.4 is 10.6 Å². The van der Waals surface area contributed by atoms with Crippen molar-refractivity contribution in [2.24, 2.45) is 5.92 Å². The van der Waals surface area contributed by atoms with Gasteiger partial charge in [-0.05, 0) is 32.2 Å². The Hall–Kier alpha value is -0.570. The van der Waals surface area contributed by atoms with Crippen LogP contribution in [-0.4, -0.2) is 24.5 Å². The van der Waals surface area contributed by atoms with Crippen LogP contribution in [0.3, 0.4) is 0 Å². The van der Waals surface area contributed by atoms with Gasteiger partial charge in [0, 0.05) is 18.5 Å². The molecule has 3 unspecified atom stereocenters. The molecule has 1 aliphatic carbocycles. The average Bonchev–Trinajstić information content (AvgIpc) is 2.52. The molecule has 0 radical (unpaired) electrons. The number of carbonyl (C=O) groups excluding carboxylic acids is 1. The Morgan fingerprint density at radius 3 is 2.73 bits per heavy atom. The van der Waals surface area contributed by atoms with Gasteiger partial charge in [0.05, 0.1) is 0 Å². The molecule has 0 aromatic heterocycles. The topological polar surface area (TPSA) is 41.1 Å². The molecule has 0 aliphatic heterocycles. The second-order valence-electron chi connectivity index (χ2n) is 4.75. The second-order valence-corrected chi connectivity index (χ2v) is 4.75. The zero-order valence-electron chi connectivity index (χ0n) is 10.2. The van der Waals surface area contributed by atoms with Crippen LogP contribution in [0.1, 0.15) is 46.5 Å². The van der Waals surface area contributed by atoms with Crippen molar-refractivity contribution < 1.29 is 4.79 Å². The second kappa shape index (κ2) is 6.11. The molecule has 1 fully saturated rings. The van der Waals surface area contributed by atoms with Gasteiger partial charge in [-0.2, -0.15) is 0 Å². The van der Waals surface area contributed by atoms with Gasteiger partial charge in [0.25, 0.3) is 0 Å². The van der Waals surface area contributed by atoms with Gasteiger partial charge < -0.3 is 10.6 Å². The maximum Gasteiger partial charge on any atom is 0.221 e. The monoisotopic (exact) mass is 212 g/mol. The average molecular weight is 212 g/mol. The summed E-state index contributed by atoms with van der Waals surface area (Å²) in [6.07, 6.45) is 4.27. The molecule has 1 rings (SSSR count). The summed E-state index contributed by atoms with van der Waals surface area (Å²) in [5, 5.41) is 6.39. The van der Waals surface area contributed by atoms with E-state index >= 15 is 0 Å². The van der Waals surface area contributed by atoms with Crippen molar-refractivity contribution in [1.29, 1.82) is 0 Å². The zero-order valence-corrected chi connectivity index (χ0v) is 10.2. The van der Waals surface area contributed by atoms with Crippen molar-refractivity contribution in [3.8, 4) is 0 Å². The van der Waals surface area contributed by atoms with Crippen LogP contribution in [0, 0.1) is 5.92 Å². The van der Waals surface area contributed by atoms with Gasteiger partial charge in [0.2, 0.25) is 5.91 Å². The lowest BCUT2D eigenvalue weighted by Crippen LogP contribution is -2.40. The predicted molar refractivity (Wildman–Crippen MR) is 62.7 cm³/mol. The van der Waals surface area contributed by atoms with Gasteiger partial charge in [-0.15, -0.1) is 0 Å². The van der Waals surface area contributed by atoms with E-state index in [0.717, 1.165) is 13.0 Å². The van der Waals surface area contributed by atoms with E-state index in [-0.39, 0.29) is 11.9 Å². The Balaban J connectivity index is 2.23. The molecule has 1 aliphatic rings. The van der Waals surface area contributed by atoms with Gasteiger partial charge in [0.1, 0.15) is 0 Å². The smallest absolute Gasteiger partial charge is 0.221 e. The number of hydrogen-bond acceptors (Lipinski definition) is 2. The normalized spacial score (nSPS) is 27.7. The first kappa shape index (κ1) is 12.5. The minimum Gasteiger partial charge on any atom is -0.353 e. The van der Waals surface area contributed by atoms with Crippen molar-refractivity contribution >= 4 is 5.91 Å². The summed E-state index contributed by atoms with van der Waals surface area (Å²) in [4.78, 5) is 11.7. The van der Waals surface area contributed by atoms with E-state index in [1.165, 1.54) is 12.8 Å². The van der Waals surface area contributed by atoms with E-state index in [9.17, 15) is 4.79 Å². The van der Waals surface area contributed by atoms with Crippen LogP contribution in [0.25, 0.3) is 0 Å². The van der Waals surface area contributed by atoms with Crippen LogP contribution in [0.4, 0.5) is 0 Å². The largest absolute Gasteiger partial charge is 0.353 e. The molecular weight excluding hydrogens is 188 g/mol. The van der Waals surface area contributed by atoms with Crippen LogP contribution in [0.2, 0.25) is 0 Å². The first-order valence-electron chi connectivity index (χ1n) is 6.16. The van der Waals surface area contributed by atoms with Crippen LogP contribution >= 0.6 is 0 Å². The summed E-state index contributed by atoms with van der Waals surface area (Å²) in [6.45, 7) is 7.27. The Labute approximate surface area is 93.0 Å². The van der Waals surface area contributed by atoms with Gasteiger partial charge in [-0.1, -0.05) is 20.3 Å². The lowest BCUT2D eigenvalue weighted by molar-refractivity contribution is -0.122. The molecule has 1 saturated carbocycles. The zero-order chi connectivity index (χ0) is 11.3. The SMILES string of the molecule is CCNC(C)CC(=O)NC1CCCC1C. The fraction of sp³-hybridized carbons (Fsp3) is 0.917. The molecular formula is C12H24N2O. The Kier molecular flexibility index (Phi) is 5.09. The Bertz CT molecular complexity index is 206. The van der Waals surface area contributed by atoms with E-state index in [2.05, 4.69) is 31.4 Å². The molecule has 0 heterocycles. The summed E-state index contributed by atoms with van der Waals surface area (Å²) in [6, 6.07) is 0.707. The fourth-order valence-corrected chi connectivity index (χ4v) is 2.32. The van der Waals surface area contributed by atoms with Crippen molar-refractivity contribution in [3.63, 3.8) is 0 Å². The number of amides is 1. The first-order valence-corrected chi connectivity index (χ1v) is 6.16. The molecule has 0 spiro atoms. The molecule has 2 N–H and O–H groups in total. The quantitative estimate of drug-likeness (QED) is 0.728. The van der Waals surface area contributed by atoms with Gasteiger partial charge in [0.15, 0.2) is 0 Å². The van der Waals surface area contributed by atoms with Crippen molar-refractivity contribution in [2.75, 3.05) is 6.54 Å². The summed E-state index contributed by atoms with van der Waals surface area (Å²) in [5.41, 5.74) is 0. The molecule has 15 heavy (non-hydrogen) atoms. The van der Waals surface area contributed by atoms with Crippen molar-refractivity contribution in [1.82, 2.24) is 10.6 Å². The van der Waals surface area contributed by atoms with Crippen molar-refractivity contribution in [2.45, 2.75) is 58.5 Å². The first-order chi connectivity index (χ1) is 7.13. The summed E-state index contributed by atoms with van der Waals surface area (Å²) in [5.74, 6) is 0.852. The minimum atomic E-state index is 0.196. The third kappa shape index (κ3) is 4.20. The predicted octanol–water partition coefficient (Wildman–Crippen LogP) is 1.68. The lowest BCUT2D eigenvalue weighted by Gasteiger charge is -2.19. The lowest BCUT2D eigenvalue weighted by atomic mass is 10.1. The van der Waals surface area contributed by atoms with Crippen molar-refractivity contribution in [3.05, 3.63) is 0 Å². The molecule has 1 amide bonds. The molecule has 0 aromatic rings. The van der Waals surface area contributed by atoms with Gasteiger partial charge >= 0.3 is 0 Å². The molecule has 3 atom stereocenters. The number of rotatable bonds is 5. The highest BCUT2D eigenvalue weighted by Crippen LogP contribution is 2.24. The third-order valence-electron chi connectivity index (χ3n) is 3.25. The van der Waals surface area contributed by atoms with Gasteiger partial charge in [-0.3, -0.25) is 4.79 Å². The maximum atomic E-state index is 11.7. The highest BCUT2D eigenvalue weighted by Gasteiger charge is 2.24. The van der Waals surface area contributed by atoms with Crippen LogP contribution in [0.15, 0.2) is 0 Å². The fourth-order valence-electron chi connectivity index (χ4n) is 2.32. The highest BCUT2D eigenvalue weighted by atomic mass is 16.1. The van der Waals surface area contributed by atoms with Crippen LogP contribution in [0.5, 0.6) is 0 Å². The summed E-state index contributed by atoms with van der Waals surface area (Å²) < 4.78 is 0. The van der Waals surface area contributed by atoms with E-state index in [4.69, 9.17) is 0 Å². The Morgan fingerprint density at radius 2 is 2.20 bits per heavy atom. The standard InChI is InChI=1S/C12H24N2O/c1-4-13-10(3)8-12(15)14-11-7-5-6-9(11)2/h9-11,13H,4-8H2,1-3H3,(H,14,15). The molecule has 0 bridgehead atoms. The number of hydrogen-bond donors (Lipinski definition) is 2. The van der Waals surface area contributed by atoms with Crippen LogP contribution in [-0.2, 0) is 4.79 Å². The van der Waals surface area contributed by atoms with E-state index in [1.807, 2.05) is 0 Å². The highest BCUT2D eigenvalue weighted by molar-refractivity contribution is 5.76. The van der Waals surface area contributed by atoms with E-state index in [0.29, 0.717) is 18.4 Å². The molecule has 3 heteroatoms. The van der Waals surface area contributed by atoms with E-state index < -0.39 is 0 Å². The number of carbonyl (C=O) groups is 1. The third-order valence-corrected chi connectivity index (χ3v) is 3.25. The maximum absolute atomic E-state index is 11.7. The minimum absolute atomic E-state index is 0.196. The summed E-state index contributed by atoms with van der Waals surface area (Å²) >= 11 is 0.